The zero-order chi connectivity index (χ0) is 12.8. The molecular weight excluding hydrogens is 238 g/mol. The standard InChI is InChI=1S/C14H21N5/c1-17-10-12-8-15-3-6-19(12)14-13(17)7-11(9-16-14)18-4-2-5-18/h7,9,12,15H,2-6,8,10H2,1H3/t12-/m1/s1. The molecule has 2 fully saturated rings. The number of likely N-dealkylation sites (N-methyl/N-ethyl adjacent to an activating group) is 1. The maximum Gasteiger partial charge on any atom is 0.152 e. The van der Waals surface area contributed by atoms with E-state index in [1.165, 1.54) is 36.7 Å². The second kappa shape index (κ2) is 4.27. The Morgan fingerprint density at radius 1 is 1.32 bits per heavy atom. The van der Waals surface area contributed by atoms with Gasteiger partial charge in [0.15, 0.2) is 5.82 Å². The zero-order valence-corrected chi connectivity index (χ0v) is 11.5. The molecule has 0 saturated carbocycles. The first kappa shape index (κ1) is 11.3. The van der Waals surface area contributed by atoms with Gasteiger partial charge in [-0.05, 0) is 12.5 Å². The molecule has 4 rings (SSSR count). The Bertz CT molecular complexity index is 485. The molecule has 5 heteroatoms. The summed E-state index contributed by atoms with van der Waals surface area (Å²) in [5, 5.41) is 3.48. The molecule has 0 unspecified atom stereocenters. The maximum atomic E-state index is 4.77. The second-order valence-corrected chi connectivity index (χ2v) is 5.81. The van der Waals surface area contributed by atoms with Gasteiger partial charge in [0.1, 0.15) is 0 Å². The van der Waals surface area contributed by atoms with Crippen LogP contribution in [0.25, 0.3) is 0 Å². The van der Waals surface area contributed by atoms with Gasteiger partial charge < -0.3 is 20.0 Å². The third kappa shape index (κ3) is 1.75. The summed E-state index contributed by atoms with van der Waals surface area (Å²) in [6, 6.07) is 2.88. The Balaban J connectivity index is 1.71. The number of anilines is 3. The molecule has 19 heavy (non-hydrogen) atoms. The summed E-state index contributed by atoms with van der Waals surface area (Å²) >= 11 is 0. The van der Waals surface area contributed by atoms with Crippen molar-refractivity contribution in [3.05, 3.63) is 12.3 Å². The third-order valence-corrected chi connectivity index (χ3v) is 4.57. The van der Waals surface area contributed by atoms with Gasteiger partial charge in [0.25, 0.3) is 0 Å². The van der Waals surface area contributed by atoms with E-state index in [0.717, 1.165) is 26.2 Å². The Labute approximate surface area is 114 Å². The first-order valence-electron chi connectivity index (χ1n) is 7.26. The quantitative estimate of drug-likeness (QED) is 0.795. The van der Waals surface area contributed by atoms with Gasteiger partial charge in [0, 0.05) is 46.3 Å². The highest BCUT2D eigenvalue weighted by atomic mass is 15.3. The van der Waals surface area contributed by atoms with E-state index in [-0.39, 0.29) is 0 Å². The van der Waals surface area contributed by atoms with Crippen LogP contribution in [-0.2, 0) is 0 Å². The van der Waals surface area contributed by atoms with E-state index in [1.54, 1.807) is 0 Å². The Hall–Kier alpha value is -1.49. The summed E-state index contributed by atoms with van der Waals surface area (Å²) in [6.07, 6.45) is 3.36. The third-order valence-electron chi connectivity index (χ3n) is 4.57. The minimum Gasteiger partial charge on any atom is -0.370 e. The van der Waals surface area contributed by atoms with Gasteiger partial charge in [-0.2, -0.15) is 0 Å². The van der Waals surface area contributed by atoms with Crippen LogP contribution in [0.15, 0.2) is 12.3 Å². The van der Waals surface area contributed by atoms with Crippen LogP contribution in [0.4, 0.5) is 17.2 Å². The van der Waals surface area contributed by atoms with Crippen molar-refractivity contribution in [3.63, 3.8) is 0 Å². The van der Waals surface area contributed by atoms with E-state index >= 15 is 0 Å². The van der Waals surface area contributed by atoms with Crippen molar-refractivity contribution in [2.75, 3.05) is 61.0 Å². The van der Waals surface area contributed by atoms with Crippen LogP contribution in [0.5, 0.6) is 0 Å². The Morgan fingerprint density at radius 3 is 3.00 bits per heavy atom. The largest absolute Gasteiger partial charge is 0.370 e. The molecule has 0 amide bonds. The highest BCUT2D eigenvalue weighted by molar-refractivity contribution is 5.74. The van der Waals surface area contributed by atoms with E-state index < -0.39 is 0 Å². The van der Waals surface area contributed by atoms with Crippen molar-refractivity contribution in [2.24, 2.45) is 0 Å². The molecule has 0 radical (unpaired) electrons. The number of rotatable bonds is 1. The van der Waals surface area contributed by atoms with E-state index in [2.05, 4.69) is 39.3 Å². The van der Waals surface area contributed by atoms with Gasteiger partial charge in [-0.1, -0.05) is 0 Å². The molecule has 0 aliphatic carbocycles. The van der Waals surface area contributed by atoms with Crippen molar-refractivity contribution < 1.29 is 0 Å². The van der Waals surface area contributed by atoms with E-state index in [1.807, 2.05) is 0 Å². The highest BCUT2D eigenvalue weighted by Gasteiger charge is 2.32. The number of piperazine rings is 1. The van der Waals surface area contributed by atoms with Crippen LogP contribution in [0.1, 0.15) is 6.42 Å². The fraction of sp³-hybridized carbons (Fsp3) is 0.643. The SMILES string of the molecule is CN1C[C@H]2CNCCN2c2ncc(N3CCC3)cc21. The van der Waals surface area contributed by atoms with Crippen molar-refractivity contribution in [2.45, 2.75) is 12.5 Å². The maximum absolute atomic E-state index is 4.77. The molecule has 5 nitrogen and oxygen atoms in total. The summed E-state index contributed by atoms with van der Waals surface area (Å²) in [7, 11) is 2.19. The lowest BCUT2D eigenvalue weighted by molar-refractivity contribution is 0.461. The summed E-state index contributed by atoms with van der Waals surface area (Å²) in [5.74, 6) is 1.17. The molecule has 0 bridgehead atoms. The molecule has 4 heterocycles. The molecule has 1 aromatic heterocycles. The average Bonchev–Trinajstić information content (AvgIpc) is 2.37. The Morgan fingerprint density at radius 2 is 2.21 bits per heavy atom. The molecule has 1 N–H and O–H groups in total. The molecule has 1 aromatic rings. The first-order valence-corrected chi connectivity index (χ1v) is 7.26. The average molecular weight is 259 g/mol. The first-order chi connectivity index (χ1) is 9.33. The van der Waals surface area contributed by atoms with E-state index in [4.69, 9.17) is 4.98 Å². The topological polar surface area (TPSA) is 34.6 Å². The molecule has 1 atom stereocenters. The molecule has 3 aliphatic heterocycles. The van der Waals surface area contributed by atoms with Gasteiger partial charge in [0.2, 0.25) is 0 Å². The fourth-order valence-electron chi connectivity index (χ4n) is 3.30. The summed E-state index contributed by atoms with van der Waals surface area (Å²) in [5.41, 5.74) is 2.58. The van der Waals surface area contributed by atoms with Crippen molar-refractivity contribution in [1.82, 2.24) is 10.3 Å². The van der Waals surface area contributed by atoms with Gasteiger partial charge >= 0.3 is 0 Å². The molecule has 0 spiro atoms. The number of nitrogens with zero attached hydrogens (tertiary/aromatic N) is 4. The summed E-state index contributed by atoms with van der Waals surface area (Å²) in [6.45, 7) is 6.65. The number of hydrogen-bond acceptors (Lipinski definition) is 5. The number of nitrogens with one attached hydrogen (secondary N) is 1. The normalized spacial score (nSPS) is 25.7. The summed E-state index contributed by atoms with van der Waals surface area (Å²) < 4.78 is 0. The molecule has 2 saturated heterocycles. The van der Waals surface area contributed by atoms with Gasteiger partial charge in [-0.15, -0.1) is 0 Å². The van der Waals surface area contributed by atoms with Crippen LogP contribution in [0.3, 0.4) is 0 Å². The predicted octanol–water partition coefficient (Wildman–Crippen LogP) is 0.520. The van der Waals surface area contributed by atoms with Crippen LogP contribution >= 0.6 is 0 Å². The fourth-order valence-corrected chi connectivity index (χ4v) is 3.30. The monoisotopic (exact) mass is 259 g/mol. The zero-order valence-electron chi connectivity index (χ0n) is 11.5. The van der Waals surface area contributed by atoms with Crippen LogP contribution < -0.4 is 20.0 Å². The minimum absolute atomic E-state index is 0.564. The van der Waals surface area contributed by atoms with E-state index in [9.17, 15) is 0 Å². The minimum atomic E-state index is 0.564. The molecule has 0 aromatic carbocycles. The lowest BCUT2D eigenvalue weighted by Gasteiger charge is -2.45. The molecule has 102 valence electrons. The van der Waals surface area contributed by atoms with E-state index in [0.29, 0.717) is 6.04 Å². The van der Waals surface area contributed by atoms with Crippen molar-refractivity contribution in [3.8, 4) is 0 Å². The summed E-state index contributed by atoms with van der Waals surface area (Å²) in [4.78, 5) is 12.0. The lowest BCUT2D eigenvalue weighted by atomic mass is 10.1. The molecule has 3 aliphatic rings. The van der Waals surface area contributed by atoms with Crippen LogP contribution in [-0.4, -0.2) is 57.3 Å². The predicted molar refractivity (Wildman–Crippen MR) is 78.3 cm³/mol. The smallest absolute Gasteiger partial charge is 0.152 e. The van der Waals surface area contributed by atoms with Gasteiger partial charge in [-0.3, -0.25) is 0 Å². The van der Waals surface area contributed by atoms with Crippen molar-refractivity contribution in [1.29, 1.82) is 0 Å². The lowest BCUT2D eigenvalue weighted by Crippen LogP contribution is -2.58. The Kier molecular flexibility index (Phi) is 2.55. The van der Waals surface area contributed by atoms with Crippen LogP contribution in [0, 0.1) is 0 Å². The highest BCUT2D eigenvalue weighted by Crippen LogP contribution is 2.36. The number of pyridine rings is 1. The van der Waals surface area contributed by atoms with Crippen molar-refractivity contribution >= 4 is 17.2 Å². The molecular formula is C14H21N5. The number of aromatic nitrogens is 1. The van der Waals surface area contributed by atoms with Crippen LogP contribution in [0.2, 0.25) is 0 Å². The van der Waals surface area contributed by atoms with Gasteiger partial charge in [-0.25, -0.2) is 4.98 Å². The second-order valence-electron chi connectivity index (χ2n) is 5.81. The number of fused-ring (bicyclic) bond motifs is 3. The number of hydrogen-bond donors (Lipinski definition) is 1. The van der Waals surface area contributed by atoms with Gasteiger partial charge in [0.05, 0.1) is 23.6 Å².